The Bertz CT molecular complexity index is 790. The smallest absolute Gasteiger partial charge is 0.449 e. The summed E-state index contributed by atoms with van der Waals surface area (Å²) < 4.78 is 47.2. The van der Waals surface area contributed by atoms with Crippen LogP contribution in [-0.4, -0.2) is 23.3 Å². The first kappa shape index (κ1) is 14.7. The van der Waals surface area contributed by atoms with Gasteiger partial charge in [-0.3, -0.25) is 4.79 Å². The molecule has 2 N–H and O–H groups in total. The summed E-state index contributed by atoms with van der Waals surface area (Å²) in [5, 5.41) is 17.9. The lowest BCUT2D eigenvalue weighted by Crippen LogP contribution is -2.14. The molecule has 0 spiro atoms. The standard InChI is InChI=1S/C12H7F3O6/c1-20-6-2-4(16)9(11(18)19)8-5(17)3-7(12(13,14)15)21-10(6)8/h2-3,16H,1H3,(H,18,19). The van der Waals surface area contributed by atoms with Crippen molar-refractivity contribution in [1.29, 1.82) is 0 Å². The van der Waals surface area contributed by atoms with E-state index in [0.717, 1.165) is 13.2 Å². The van der Waals surface area contributed by atoms with Gasteiger partial charge in [0.1, 0.15) is 11.3 Å². The zero-order valence-electron chi connectivity index (χ0n) is 10.3. The minimum Gasteiger partial charge on any atom is -0.507 e. The normalized spacial score (nSPS) is 11.6. The van der Waals surface area contributed by atoms with E-state index in [1.807, 2.05) is 0 Å². The summed E-state index contributed by atoms with van der Waals surface area (Å²) in [6.07, 6.45) is -4.93. The molecule has 0 saturated carbocycles. The summed E-state index contributed by atoms with van der Waals surface area (Å²) in [7, 11) is 1.06. The minimum atomic E-state index is -4.93. The number of phenols is 1. The third kappa shape index (κ3) is 2.37. The molecular formula is C12H7F3O6. The molecular weight excluding hydrogens is 297 g/mol. The molecule has 2 aromatic rings. The van der Waals surface area contributed by atoms with Crippen molar-refractivity contribution in [3.05, 3.63) is 33.7 Å². The van der Waals surface area contributed by atoms with Gasteiger partial charge >= 0.3 is 12.1 Å². The number of carbonyl (C=O) groups is 1. The summed E-state index contributed by atoms with van der Waals surface area (Å²) in [5.74, 6) is -4.50. The highest BCUT2D eigenvalue weighted by atomic mass is 19.4. The Morgan fingerprint density at radius 3 is 2.43 bits per heavy atom. The predicted octanol–water partition coefficient (Wildman–Crippen LogP) is 2.22. The van der Waals surface area contributed by atoms with Crippen LogP contribution in [-0.2, 0) is 6.18 Å². The quantitative estimate of drug-likeness (QED) is 0.883. The number of aromatic carboxylic acids is 1. The van der Waals surface area contributed by atoms with Gasteiger partial charge in [-0.05, 0) is 0 Å². The molecule has 9 heteroatoms. The van der Waals surface area contributed by atoms with E-state index in [0.29, 0.717) is 0 Å². The lowest BCUT2D eigenvalue weighted by atomic mass is 10.1. The molecule has 0 radical (unpaired) electrons. The fourth-order valence-electron chi connectivity index (χ4n) is 1.80. The van der Waals surface area contributed by atoms with Crippen molar-refractivity contribution in [3.63, 3.8) is 0 Å². The van der Waals surface area contributed by atoms with Crippen LogP contribution in [0, 0.1) is 0 Å². The van der Waals surface area contributed by atoms with E-state index in [2.05, 4.69) is 4.42 Å². The van der Waals surface area contributed by atoms with Crippen LogP contribution in [0.5, 0.6) is 11.5 Å². The lowest BCUT2D eigenvalue weighted by molar-refractivity contribution is -0.152. The number of methoxy groups -OCH3 is 1. The number of aromatic hydroxyl groups is 1. The molecule has 1 aromatic heterocycles. The average Bonchev–Trinajstić information content (AvgIpc) is 2.36. The molecule has 0 aliphatic heterocycles. The molecule has 0 bridgehead atoms. The first-order valence-electron chi connectivity index (χ1n) is 5.35. The van der Waals surface area contributed by atoms with Gasteiger partial charge in [-0.25, -0.2) is 4.79 Å². The molecule has 1 aromatic carbocycles. The molecule has 0 unspecified atom stereocenters. The third-order valence-corrected chi connectivity index (χ3v) is 2.66. The van der Waals surface area contributed by atoms with Crippen molar-refractivity contribution in [3.8, 4) is 11.5 Å². The predicted molar refractivity (Wildman–Crippen MR) is 62.7 cm³/mol. The fourth-order valence-corrected chi connectivity index (χ4v) is 1.80. The Morgan fingerprint density at radius 2 is 1.95 bits per heavy atom. The molecule has 0 amide bonds. The number of carboxylic acid groups (broad SMARTS) is 1. The Morgan fingerprint density at radius 1 is 1.33 bits per heavy atom. The fraction of sp³-hybridized carbons (Fsp3) is 0.167. The molecule has 0 fully saturated rings. The molecule has 2 rings (SSSR count). The number of hydrogen-bond donors (Lipinski definition) is 2. The second kappa shape index (κ2) is 4.69. The van der Waals surface area contributed by atoms with Crippen LogP contribution < -0.4 is 10.2 Å². The van der Waals surface area contributed by atoms with Gasteiger partial charge in [-0.15, -0.1) is 0 Å². The van der Waals surface area contributed by atoms with Crippen LogP contribution in [0.4, 0.5) is 13.2 Å². The summed E-state index contributed by atoms with van der Waals surface area (Å²) in [4.78, 5) is 22.9. The highest BCUT2D eigenvalue weighted by Crippen LogP contribution is 2.37. The number of fused-ring (bicyclic) bond motifs is 1. The van der Waals surface area contributed by atoms with Crippen molar-refractivity contribution in [1.82, 2.24) is 0 Å². The van der Waals surface area contributed by atoms with Crippen molar-refractivity contribution >= 4 is 16.9 Å². The first-order chi connectivity index (χ1) is 9.66. The maximum atomic E-state index is 12.6. The minimum absolute atomic E-state index is 0.119. The van der Waals surface area contributed by atoms with Crippen molar-refractivity contribution in [2.75, 3.05) is 7.11 Å². The summed E-state index contributed by atoms with van der Waals surface area (Å²) in [5.41, 5.74) is -2.81. The molecule has 6 nitrogen and oxygen atoms in total. The molecule has 0 atom stereocenters. The molecule has 1 heterocycles. The van der Waals surface area contributed by atoms with Crippen LogP contribution in [0.15, 0.2) is 21.3 Å². The van der Waals surface area contributed by atoms with Crippen molar-refractivity contribution < 1.29 is 37.3 Å². The van der Waals surface area contributed by atoms with E-state index in [9.17, 15) is 27.9 Å². The van der Waals surface area contributed by atoms with Crippen LogP contribution in [0.1, 0.15) is 16.1 Å². The van der Waals surface area contributed by atoms with Crippen molar-refractivity contribution in [2.24, 2.45) is 0 Å². The Hall–Kier alpha value is -2.71. The number of alkyl halides is 3. The summed E-state index contributed by atoms with van der Waals surface area (Å²) >= 11 is 0. The third-order valence-electron chi connectivity index (χ3n) is 2.66. The molecule has 21 heavy (non-hydrogen) atoms. The van der Waals surface area contributed by atoms with E-state index in [4.69, 9.17) is 9.84 Å². The number of rotatable bonds is 2. The van der Waals surface area contributed by atoms with Crippen LogP contribution in [0.25, 0.3) is 11.0 Å². The second-order valence-corrected chi connectivity index (χ2v) is 3.95. The summed E-state index contributed by atoms with van der Waals surface area (Å²) in [6, 6.07) is 0.878. The van der Waals surface area contributed by atoms with Gasteiger partial charge in [0, 0.05) is 12.1 Å². The van der Waals surface area contributed by atoms with Gasteiger partial charge < -0.3 is 19.4 Å². The monoisotopic (exact) mass is 304 g/mol. The maximum absolute atomic E-state index is 12.6. The molecule has 0 saturated heterocycles. The highest BCUT2D eigenvalue weighted by Gasteiger charge is 2.36. The van der Waals surface area contributed by atoms with E-state index in [1.165, 1.54) is 0 Å². The first-order valence-corrected chi connectivity index (χ1v) is 5.35. The van der Waals surface area contributed by atoms with E-state index in [-0.39, 0.29) is 6.07 Å². The largest absolute Gasteiger partial charge is 0.507 e. The maximum Gasteiger partial charge on any atom is 0.449 e. The number of halogens is 3. The zero-order chi connectivity index (χ0) is 15.9. The van der Waals surface area contributed by atoms with Crippen LogP contribution >= 0.6 is 0 Å². The van der Waals surface area contributed by atoms with Gasteiger partial charge in [0.25, 0.3) is 0 Å². The topological polar surface area (TPSA) is 97.0 Å². The Balaban J connectivity index is 3.03. The zero-order valence-corrected chi connectivity index (χ0v) is 10.3. The number of ether oxygens (including phenoxy) is 1. The SMILES string of the molecule is COc1cc(O)c(C(=O)O)c2c(=O)cc(C(F)(F)F)oc12. The molecule has 0 aliphatic carbocycles. The summed E-state index contributed by atoms with van der Waals surface area (Å²) in [6.45, 7) is 0. The van der Waals surface area contributed by atoms with Gasteiger partial charge in [-0.1, -0.05) is 0 Å². The average molecular weight is 304 g/mol. The van der Waals surface area contributed by atoms with Gasteiger partial charge in [0.15, 0.2) is 16.8 Å². The number of benzene rings is 1. The van der Waals surface area contributed by atoms with Crippen LogP contribution in [0.2, 0.25) is 0 Å². The van der Waals surface area contributed by atoms with E-state index < -0.39 is 51.4 Å². The Labute approximate surface area is 114 Å². The van der Waals surface area contributed by atoms with Gasteiger partial charge in [0.05, 0.1) is 12.5 Å². The molecule has 0 aliphatic rings. The number of carboxylic acids is 1. The Kier molecular flexibility index (Phi) is 3.28. The van der Waals surface area contributed by atoms with E-state index >= 15 is 0 Å². The second-order valence-electron chi connectivity index (χ2n) is 3.95. The van der Waals surface area contributed by atoms with Crippen LogP contribution in [0.3, 0.4) is 0 Å². The van der Waals surface area contributed by atoms with Gasteiger partial charge in [-0.2, -0.15) is 13.2 Å². The highest BCUT2D eigenvalue weighted by molar-refractivity contribution is 6.06. The number of hydrogen-bond acceptors (Lipinski definition) is 5. The van der Waals surface area contributed by atoms with Crippen molar-refractivity contribution in [2.45, 2.75) is 6.18 Å². The lowest BCUT2D eigenvalue weighted by Gasteiger charge is -2.11. The van der Waals surface area contributed by atoms with Gasteiger partial charge in [0.2, 0.25) is 5.76 Å². The molecule has 112 valence electrons. The van der Waals surface area contributed by atoms with E-state index in [1.54, 1.807) is 0 Å².